The maximum atomic E-state index is 13.6. The van der Waals surface area contributed by atoms with Crippen LogP contribution in [0.2, 0.25) is 0 Å². The Kier molecular flexibility index (Phi) is 6.06. The lowest BCUT2D eigenvalue weighted by molar-refractivity contribution is -0.137. The molecule has 0 spiro atoms. The Morgan fingerprint density at radius 3 is 2.22 bits per heavy atom. The van der Waals surface area contributed by atoms with Crippen LogP contribution in [0.25, 0.3) is 16.9 Å². The summed E-state index contributed by atoms with van der Waals surface area (Å²) in [7, 11) is -4.80. The van der Waals surface area contributed by atoms with Gasteiger partial charge in [0.25, 0.3) is 15.8 Å². The molecule has 17 heteroatoms. The van der Waals surface area contributed by atoms with Crippen molar-refractivity contribution in [3.8, 4) is 5.95 Å². The number of halogens is 6. The Balaban J connectivity index is 1.92. The fraction of sp³-hybridized carbons (Fsp3) is 0.263. The summed E-state index contributed by atoms with van der Waals surface area (Å²) >= 11 is 0. The molecular weight excluding hydrogens is 518 g/mol. The Morgan fingerprint density at radius 1 is 0.944 bits per heavy atom. The number of rotatable bonds is 5. The first-order valence-electron chi connectivity index (χ1n) is 9.81. The molecule has 190 valence electrons. The van der Waals surface area contributed by atoms with Crippen LogP contribution >= 0.6 is 0 Å². The van der Waals surface area contributed by atoms with Gasteiger partial charge in [0.05, 0.1) is 17.1 Å². The lowest BCUT2D eigenvalue weighted by atomic mass is 10.1. The summed E-state index contributed by atoms with van der Waals surface area (Å²) in [5.41, 5.74) is -8.30. The van der Waals surface area contributed by atoms with Crippen LogP contribution in [0.15, 0.2) is 48.1 Å². The third-order valence-corrected chi connectivity index (χ3v) is 6.71. The van der Waals surface area contributed by atoms with Gasteiger partial charge in [0.15, 0.2) is 5.82 Å². The topological polar surface area (TPSA) is 120 Å². The number of alkyl halides is 6. The van der Waals surface area contributed by atoms with Gasteiger partial charge in [-0.3, -0.25) is 0 Å². The van der Waals surface area contributed by atoms with Crippen LogP contribution in [0.5, 0.6) is 0 Å². The summed E-state index contributed by atoms with van der Waals surface area (Å²) in [6, 6.07) is 1.17. The summed E-state index contributed by atoms with van der Waals surface area (Å²) < 4.78 is 106. The molecule has 0 saturated heterocycles. The molecule has 4 rings (SSSR count). The Hall–Kier alpha value is -3.89. The molecule has 0 saturated carbocycles. The van der Waals surface area contributed by atoms with Crippen molar-refractivity contribution in [2.24, 2.45) is 0 Å². The van der Waals surface area contributed by atoms with Gasteiger partial charge >= 0.3 is 11.7 Å². The van der Waals surface area contributed by atoms with Crippen molar-refractivity contribution in [2.45, 2.75) is 29.5 Å². The van der Waals surface area contributed by atoms with Gasteiger partial charge in [-0.25, -0.2) is 33.3 Å². The maximum absolute atomic E-state index is 13.6. The summed E-state index contributed by atoms with van der Waals surface area (Å²) in [6.45, 7) is 1.57. The molecule has 3 heterocycles. The van der Waals surface area contributed by atoms with Crippen LogP contribution in [0.4, 0.5) is 32.2 Å². The first-order chi connectivity index (χ1) is 16.7. The van der Waals surface area contributed by atoms with E-state index in [1.807, 2.05) is 0 Å². The predicted octanol–water partition coefficient (Wildman–Crippen LogP) is 3.51. The molecule has 0 radical (unpaired) electrons. The molecule has 0 N–H and O–H groups in total. The van der Waals surface area contributed by atoms with Gasteiger partial charge < -0.3 is 4.90 Å². The highest BCUT2D eigenvalue weighted by Gasteiger charge is 2.49. The second-order valence-electron chi connectivity index (χ2n) is 7.38. The molecule has 0 fully saturated rings. The number of sulfone groups is 1. The van der Waals surface area contributed by atoms with Crippen molar-refractivity contribution in [1.29, 1.82) is 0 Å². The van der Waals surface area contributed by atoms with Crippen LogP contribution in [0, 0.1) is 0 Å². The van der Waals surface area contributed by atoms with E-state index in [1.165, 1.54) is 35.4 Å². The molecule has 36 heavy (non-hydrogen) atoms. The number of hydrogen-bond acceptors (Lipinski definition) is 9. The van der Waals surface area contributed by atoms with E-state index in [0.29, 0.717) is 6.07 Å². The minimum atomic E-state index is -6.19. The van der Waals surface area contributed by atoms with Crippen molar-refractivity contribution in [2.75, 3.05) is 11.9 Å². The van der Waals surface area contributed by atoms with E-state index in [-0.39, 0.29) is 23.7 Å². The average Bonchev–Trinajstić information content (AvgIpc) is 3.31. The van der Waals surface area contributed by atoms with Crippen LogP contribution in [-0.2, 0) is 16.0 Å². The summed E-state index contributed by atoms with van der Waals surface area (Å²) in [5, 5.41) is 3.47. The summed E-state index contributed by atoms with van der Waals surface area (Å²) in [6.07, 6.45) is -0.326. The fourth-order valence-corrected chi connectivity index (χ4v) is 4.29. The Labute approximate surface area is 198 Å². The van der Waals surface area contributed by atoms with Gasteiger partial charge in [-0.1, -0.05) is 0 Å². The minimum Gasteiger partial charge on any atom is -0.349 e. The number of hydrogen-bond donors (Lipinski definition) is 0. The van der Waals surface area contributed by atoms with Crippen LogP contribution in [0.3, 0.4) is 0 Å². The quantitative estimate of drug-likeness (QED) is 0.356. The van der Waals surface area contributed by atoms with Crippen LogP contribution in [0.1, 0.15) is 24.4 Å². The molecule has 0 bridgehead atoms. The van der Waals surface area contributed by atoms with Crippen molar-refractivity contribution in [3.63, 3.8) is 0 Å². The normalized spacial score (nSPS) is 13.7. The van der Waals surface area contributed by atoms with E-state index in [0.717, 1.165) is 6.33 Å². The molecular formula is C19H14F6N8O2S. The highest BCUT2D eigenvalue weighted by molar-refractivity contribution is 7.92. The molecule has 0 amide bonds. The SMILES string of the molecule is C[C@@H](c1ncnn1-c1ncccn1)N(C)c1ncnc2c(S(=O)(=O)C(F)(F)F)cc(C(F)(F)F)cc12. The average molecular weight is 532 g/mol. The molecule has 0 unspecified atom stereocenters. The van der Waals surface area contributed by atoms with Crippen molar-refractivity contribution in [1.82, 2.24) is 34.7 Å². The highest BCUT2D eigenvalue weighted by atomic mass is 32.2. The summed E-state index contributed by atoms with van der Waals surface area (Å²) in [5.74, 6) is 0.0713. The second kappa shape index (κ2) is 8.65. The number of benzene rings is 1. The van der Waals surface area contributed by atoms with E-state index in [9.17, 15) is 34.8 Å². The van der Waals surface area contributed by atoms with Gasteiger partial charge in [-0.05, 0) is 25.1 Å². The van der Waals surface area contributed by atoms with E-state index < -0.39 is 48.9 Å². The number of anilines is 1. The second-order valence-corrected chi connectivity index (χ2v) is 9.29. The number of aromatic nitrogens is 7. The highest BCUT2D eigenvalue weighted by Crippen LogP contribution is 2.41. The molecule has 1 aromatic carbocycles. The zero-order chi connectivity index (χ0) is 26.5. The first-order valence-corrected chi connectivity index (χ1v) is 11.3. The predicted molar refractivity (Wildman–Crippen MR) is 112 cm³/mol. The van der Waals surface area contributed by atoms with E-state index in [1.54, 1.807) is 13.0 Å². The molecule has 10 nitrogen and oxygen atoms in total. The number of nitrogens with zero attached hydrogens (tertiary/aromatic N) is 8. The van der Waals surface area contributed by atoms with E-state index in [4.69, 9.17) is 0 Å². The van der Waals surface area contributed by atoms with E-state index in [2.05, 4.69) is 30.0 Å². The fourth-order valence-electron chi connectivity index (χ4n) is 3.34. The maximum Gasteiger partial charge on any atom is 0.501 e. The standard InChI is InChI=1S/C19H14F6N8O2S/c1-10(15-30-9-31-33(15)17-26-4-3-5-27-17)32(2)16-12-6-11(18(20,21)22)7-13(14(12)28-8-29-16)36(34,35)19(23,24)25/h3-10H,1-2H3/t10-/m0/s1. The minimum absolute atomic E-state index is 0.0886. The van der Waals surface area contributed by atoms with Crippen molar-refractivity contribution in [3.05, 3.63) is 54.6 Å². The van der Waals surface area contributed by atoms with Gasteiger partial charge in [-0.15, -0.1) is 0 Å². The van der Waals surface area contributed by atoms with Gasteiger partial charge in [0.2, 0.25) is 0 Å². The van der Waals surface area contributed by atoms with Gasteiger partial charge in [0.1, 0.15) is 23.4 Å². The lowest BCUT2D eigenvalue weighted by Gasteiger charge is -2.26. The lowest BCUT2D eigenvalue weighted by Crippen LogP contribution is -2.27. The zero-order valence-electron chi connectivity index (χ0n) is 18.2. The molecule has 0 aliphatic rings. The van der Waals surface area contributed by atoms with Crippen molar-refractivity contribution < 1.29 is 34.8 Å². The van der Waals surface area contributed by atoms with Gasteiger partial charge in [0, 0.05) is 24.8 Å². The molecule has 4 aromatic rings. The molecule has 0 aliphatic carbocycles. The number of fused-ring (bicyclic) bond motifs is 1. The Morgan fingerprint density at radius 2 is 1.61 bits per heavy atom. The molecule has 1 atom stereocenters. The van der Waals surface area contributed by atoms with Crippen LogP contribution < -0.4 is 4.90 Å². The summed E-state index contributed by atoms with van der Waals surface area (Å²) in [4.78, 5) is 19.4. The zero-order valence-corrected chi connectivity index (χ0v) is 19.0. The molecule has 0 aliphatic heterocycles. The third kappa shape index (κ3) is 4.29. The third-order valence-electron chi connectivity index (χ3n) is 5.21. The van der Waals surface area contributed by atoms with Gasteiger partial charge in [-0.2, -0.15) is 36.1 Å². The van der Waals surface area contributed by atoms with Crippen LogP contribution in [-0.4, -0.2) is 55.7 Å². The monoisotopic (exact) mass is 532 g/mol. The van der Waals surface area contributed by atoms with E-state index >= 15 is 0 Å². The molecule has 3 aromatic heterocycles. The largest absolute Gasteiger partial charge is 0.501 e. The van der Waals surface area contributed by atoms with Crippen molar-refractivity contribution >= 4 is 26.6 Å². The first kappa shape index (κ1) is 25.2. The smallest absolute Gasteiger partial charge is 0.349 e. The Bertz CT molecular complexity index is 1520.